The molecule has 0 saturated heterocycles. The zero-order valence-corrected chi connectivity index (χ0v) is 11.0. The van der Waals surface area contributed by atoms with Gasteiger partial charge >= 0.3 is 0 Å². The molecule has 0 amide bonds. The molecular formula is C15H22O. The molecule has 88 valence electrons. The van der Waals surface area contributed by atoms with Crippen LogP contribution in [0.3, 0.4) is 0 Å². The molecular weight excluding hydrogens is 196 g/mol. The molecule has 16 heavy (non-hydrogen) atoms. The number of rotatable bonds is 3. The standard InChI is InChI=1S/C13H16O.C2H6/c1-10(2)13(11(3)14-4)12-8-6-5-7-9-12;1-2/h5-9H,1H2,2-4H3;1-2H3/b13-11-;. The van der Waals surface area contributed by atoms with Crippen molar-refractivity contribution in [1.29, 1.82) is 0 Å². The van der Waals surface area contributed by atoms with Gasteiger partial charge in [0, 0.05) is 5.57 Å². The van der Waals surface area contributed by atoms with Gasteiger partial charge in [0.1, 0.15) is 5.76 Å². The predicted octanol–water partition coefficient (Wildman–Crippen LogP) is 4.67. The Hall–Kier alpha value is -1.50. The van der Waals surface area contributed by atoms with Gasteiger partial charge in [-0.25, -0.2) is 0 Å². The SMILES string of the molecule is C=C(C)/C(=C(\C)OC)c1ccccc1.CC. The summed E-state index contributed by atoms with van der Waals surface area (Å²) in [5, 5.41) is 0. The highest BCUT2D eigenvalue weighted by Gasteiger charge is 2.06. The molecule has 0 aliphatic heterocycles. The minimum Gasteiger partial charge on any atom is -0.501 e. The summed E-state index contributed by atoms with van der Waals surface area (Å²) in [7, 11) is 1.68. The molecule has 0 atom stereocenters. The van der Waals surface area contributed by atoms with E-state index in [2.05, 4.69) is 18.7 Å². The topological polar surface area (TPSA) is 9.23 Å². The van der Waals surface area contributed by atoms with E-state index in [-0.39, 0.29) is 0 Å². The van der Waals surface area contributed by atoms with Crippen LogP contribution in [0.1, 0.15) is 33.3 Å². The summed E-state index contributed by atoms with van der Waals surface area (Å²) in [6, 6.07) is 10.2. The van der Waals surface area contributed by atoms with E-state index in [9.17, 15) is 0 Å². The summed E-state index contributed by atoms with van der Waals surface area (Å²) >= 11 is 0. The number of benzene rings is 1. The molecule has 0 unspecified atom stereocenters. The first-order chi connectivity index (χ1) is 7.66. The first-order valence-electron chi connectivity index (χ1n) is 5.63. The number of hydrogen-bond acceptors (Lipinski definition) is 1. The lowest BCUT2D eigenvalue weighted by Gasteiger charge is -2.11. The van der Waals surface area contributed by atoms with Gasteiger partial charge < -0.3 is 4.74 Å². The Balaban J connectivity index is 0.00000106. The Kier molecular flexibility index (Phi) is 7.02. The van der Waals surface area contributed by atoms with E-state index in [1.807, 2.05) is 45.9 Å². The predicted molar refractivity (Wildman–Crippen MR) is 72.2 cm³/mol. The van der Waals surface area contributed by atoms with E-state index < -0.39 is 0 Å². The maximum atomic E-state index is 5.25. The fourth-order valence-corrected chi connectivity index (χ4v) is 1.46. The quantitative estimate of drug-likeness (QED) is 0.529. The van der Waals surface area contributed by atoms with Gasteiger partial charge in [-0.1, -0.05) is 50.8 Å². The van der Waals surface area contributed by atoms with Gasteiger partial charge in [0.25, 0.3) is 0 Å². The zero-order valence-electron chi connectivity index (χ0n) is 11.0. The van der Waals surface area contributed by atoms with Gasteiger partial charge in [-0.2, -0.15) is 0 Å². The third-order valence-corrected chi connectivity index (χ3v) is 2.15. The minimum absolute atomic E-state index is 0.906. The second-order valence-electron chi connectivity index (χ2n) is 3.28. The molecule has 0 bridgehead atoms. The molecule has 1 heteroatoms. The number of allylic oxidation sites excluding steroid dienone is 3. The Labute approximate surface area is 99.5 Å². The van der Waals surface area contributed by atoms with E-state index in [0.29, 0.717) is 0 Å². The molecule has 0 fully saturated rings. The van der Waals surface area contributed by atoms with Crippen LogP contribution in [0.2, 0.25) is 0 Å². The monoisotopic (exact) mass is 218 g/mol. The van der Waals surface area contributed by atoms with Crippen LogP contribution in [0, 0.1) is 0 Å². The van der Waals surface area contributed by atoms with Crippen molar-refractivity contribution in [2.24, 2.45) is 0 Å². The fraction of sp³-hybridized carbons (Fsp3) is 0.333. The summed E-state index contributed by atoms with van der Waals surface area (Å²) < 4.78 is 5.25. The number of ether oxygens (including phenoxy) is 1. The van der Waals surface area contributed by atoms with Gasteiger partial charge in [0.05, 0.1) is 7.11 Å². The van der Waals surface area contributed by atoms with Crippen LogP contribution in [0.25, 0.3) is 5.57 Å². The molecule has 0 aromatic heterocycles. The van der Waals surface area contributed by atoms with Crippen LogP contribution >= 0.6 is 0 Å². The molecule has 1 aromatic carbocycles. The fourth-order valence-electron chi connectivity index (χ4n) is 1.46. The molecule has 0 saturated carbocycles. The molecule has 0 radical (unpaired) electrons. The molecule has 0 heterocycles. The minimum atomic E-state index is 0.906. The van der Waals surface area contributed by atoms with Gasteiger partial charge in [-0.3, -0.25) is 0 Å². The van der Waals surface area contributed by atoms with Crippen LogP contribution in [-0.2, 0) is 4.74 Å². The summed E-state index contributed by atoms with van der Waals surface area (Å²) in [5.74, 6) is 0.906. The maximum Gasteiger partial charge on any atom is 0.100 e. The van der Waals surface area contributed by atoms with Crippen molar-refractivity contribution in [3.05, 3.63) is 53.8 Å². The molecule has 1 rings (SSSR count). The van der Waals surface area contributed by atoms with Gasteiger partial charge in [-0.15, -0.1) is 0 Å². The van der Waals surface area contributed by atoms with E-state index in [4.69, 9.17) is 4.74 Å². The summed E-state index contributed by atoms with van der Waals surface area (Å²) in [4.78, 5) is 0. The van der Waals surface area contributed by atoms with Crippen molar-refractivity contribution in [3.63, 3.8) is 0 Å². The Morgan fingerprint density at radius 2 is 1.56 bits per heavy atom. The van der Waals surface area contributed by atoms with Crippen molar-refractivity contribution in [3.8, 4) is 0 Å². The second-order valence-corrected chi connectivity index (χ2v) is 3.28. The van der Waals surface area contributed by atoms with Crippen molar-refractivity contribution < 1.29 is 4.74 Å². The van der Waals surface area contributed by atoms with Gasteiger partial charge in [0.2, 0.25) is 0 Å². The van der Waals surface area contributed by atoms with E-state index in [1.165, 1.54) is 0 Å². The number of hydrogen-bond donors (Lipinski definition) is 0. The summed E-state index contributed by atoms with van der Waals surface area (Å²) in [6.07, 6.45) is 0. The first kappa shape index (κ1) is 14.5. The van der Waals surface area contributed by atoms with E-state index in [1.54, 1.807) is 7.11 Å². The summed E-state index contributed by atoms with van der Waals surface area (Å²) in [6.45, 7) is 11.9. The van der Waals surface area contributed by atoms with Crippen molar-refractivity contribution >= 4 is 5.57 Å². The molecule has 0 N–H and O–H groups in total. The van der Waals surface area contributed by atoms with Crippen molar-refractivity contribution in [2.75, 3.05) is 7.11 Å². The maximum absolute atomic E-state index is 5.25. The van der Waals surface area contributed by atoms with E-state index in [0.717, 1.165) is 22.5 Å². The van der Waals surface area contributed by atoms with Gasteiger partial charge in [0.15, 0.2) is 0 Å². The van der Waals surface area contributed by atoms with Crippen molar-refractivity contribution in [2.45, 2.75) is 27.7 Å². The second kappa shape index (κ2) is 7.75. The molecule has 0 spiro atoms. The lowest BCUT2D eigenvalue weighted by Crippen LogP contribution is -1.92. The highest BCUT2D eigenvalue weighted by Crippen LogP contribution is 2.25. The smallest absolute Gasteiger partial charge is 0.100 e. The molecule has 0 aliphatic rings. The van der Waals surface area contributed by atoms with Crippen LogP contribution < -0.4 is 0 Å². The van der Waals surface area contributed by atoms with Crippen LogP contribution in [0.15, 0.2) is 48.2 Å². The molecule has 1 nitrogen and oxygen atoms in total. The van der Waals surface area contributed by atoms with Gasteiger partial charge in [-0.05, 0) is 25.0 Å². The molecule has 1 aromatic rings. The summed E-state index contributed by atoms with van der Waals surface area (Å²) in [5.41, 5.74) is 3.27. The largest absolute Gasteiger partial charge is 0.501 e. The third kappa shape index (κ3) is 3.93. The number of methoxy groups -OCH3 is 1. The first-order valence-corrected chi connectivity index (χ1v) is 5.63. The Bertz CT molecular complexity index is 347. The van der Waals surface area contributed by atoms with Crippen LogP contribution in [0.5, 0.6) is 0 Å². The van der Waals surface area contributed by atoms with E-state index >= 15 is 0 Å². The lowest BCUT2D eigenvalue weighted by atomic mass is 9.99. The average molecular weight is 218 g/mol. The van der Waals surface area contributed by atoms with Crippen molar-refractivity contribution in [1.82, 2.24) is 0 Å². The third-order valence-electron chi connectivity index (χ3n) is 2.15. The molecule has 0 aliphatic carbocycles. The highest BCUT2D eigenvalue weighted by molar-refractivity contribution is 5.79. The Morgan fingerprint density at radius 1 is 1.06 bits per heavy atom. The lowest BCUT2D eigenvalue weighted by molar-refractivity contribution is 0.296. The Morgan fingerprint density at radius 3 is 1.94 bits per heavy atom. The average Bonchev–Trinajstić information content (AvgIpc) is 2.32. The van der Waals surface area contributed by atoms with Crippen LogP contribution in [-0.4, -0.2) is 7.11 Å². The highest BCUT2D eigenvalue weighted by atomic mass is 16.5. The zero-order chi connectivity index (χ0) is 12.6. The normalized spacial score (nSPS) is 10.8. The van der Waals surface area contributed by atoms with Crippen LogP contribution in [0.4, 0.5) is 0 Å².